The van der Waals surface area contributed by atoms with Gasteiger partial charge in [0.2, 0.25) is 0 Å². The zero-order valence-corrected chi connectivity index (χ0v) is 9.70. The fraction of sp³-hybridized carbons (Fsp3) is 0.556. The van der Waals surface area contributed by atoms with Crippen LogP contribution in [0, 0.1) is 5.92 Å². The van der Waals surface area contributed by atoms with Crippen LogP contribution in [0.4, 0.5) is 0 Å². The maximum absolute atomic E-state index is 5.57. The predicted octanol–water partition coefficient (Wildman–Crippen LogP) is 2.82. The van der Waals surface area contributed by atoms with Crippen LogP contribution >= 0.6 is 27.3 Å². The summed E-state index contributed by atoms with van der Waals surface area (Å²) in [6.07, 6.45) is 3.98. The molecule has 4 heteroatoms. The van der Waals surface area contributed by atoms with Crippen molar-refractivity contribution in [3.05, 3.63) is 20.8 Å². The topological polar surface area (TPSA) is 38.0 Å². The van der Waals surface area contributed by atoms with Crippen molar-refractivity contribution in [3.63, 3.8) is 0 Å². The van der Waals surface area contributed by atoms with E-state index in [-0.39, 0.29) is 0 Å². The molecule has 0 amide bonds. The van der Waals surface area contributed by atoms with Gasteiger partial charge in [-0.2, -0.15) is 0 Å². The smallest absolute Gasteiger partial charge is 0.0702 e. The molecular formula is C9H13BrN2S. The molecule has 1 atom stereocenters. The predicted molar refractivity (Wildman–Crippen MR) is 59.4 cm³/mol. The standard InChI is InChI=1S/C9H13BrN2S/c10-8-5-4-7(13-8)9(12-11)6-2-1-3-6/h4-6,9,12H,1-3,11H2. The van der Waals surface area contributed by atoms with E-state index in [9.17, 15) is 0 Å². The lowest BCUT2D eigenvalue weighted by Crippen LogP contribution is -2.35. The Balaban J connectivity index is 2.11. The first kappa shape index (κ1) is 9.65. The molecule has 1 aromatic heterocycles. The van der Waals surface area contributed by atoms with Crippen LogP contribution in [0.25, 0.3) is 0 Å². The molecular weight excluding hydrogens is 248 g/mol. The third-order valence-electron chi connectivity index (χ3n) is 2.70. The molecule has 1 aliphatic rings. The van der Waals surface area contributed by atoms with Crippen LogP contribution in [-0.2, 0) is 0 Å². The number of nitrogens with two attached hydrogens (primary N) is 1. The van der Waals surface area contributed by atoms with Gasteiger partial charge in [0.05, 0.1) is 9.83 Å². The summed E-state index contributed by atoms with van der Waals surface area (Å²) >= 11 is 5.24. The number of halogens is 1. The Morgan fingerprint density at radius 3 is 2.69 bits per heavy atom. The second-order valence-electron chi connectivity index (χ2n) is 3.48. The third kappa shape index (κ3) is 1.96. The van der Waals surface area contributed by atoms with Gasteiger partial charge in [-0.05, 0) is 46.8 Å². The third-order valence-corrected chi connectivity index (χ3v) is 4.41. The summed E-state index contributed by atoms with van der Waals surface area (Å²) in [5.74, 6) is 6.31. The summed E-state index contributed by atoms with van der Waals surface area (Å²) in [6.45, 7) is 0. The molecule has 0 bridgehead atoms. The summed E-state index contributed by atoms with van der Waals surface area (Å²) in [5, 5.41) is 0. The Kier molecular flexibility index (Phi) is 3.03. The lowest BCUT2D eigenvalue weighted by atomic mass is 9.79. The largest absolute Gasteiger partial charge is 0.271 e. The minimum absolute atomic E-state index is 0.366. The van der Waals surface area contributed by atoms with Gasteiger partial charge in [-0.25, -0.2) is 0 Å². The molecule has 2 nitrogen and oxygen atoms in total. The van der Waals surface area contributed by atoms with E-state index in [1.165, 1.54) is 27.9 Å². The molecule has 0 spiro atoms. The summed E-state index contributed by atoms with van der Waals surface area (Å²) in [7, 11) is 0. The molecule has 1 unspecified atom stereocenters. The lowest BCUT2D eigenvalue weighted by Gasteiger charge is -2.32. The van der Waals surface area contributed by atoms with Crippen LogP contribution in [-0.4, -0.2) is 0 Å². The quantitative estimate of drug-likeness (QED) is 0.648. The average molecular weight is 261 g/mol. The normalized spacial score (nSPS) is 19.8. The molecule has 1 aliphatic carbocycles. The molecule has 2 rings (SSSR count). The number of thiophene rings is 1. The van der Waals surface area contributed by atoms with E-state index in [4.69, 9.17) is 5.84 Å². The second kappa shape index (κ2) is 4.09. The zero-order chi connectivity index (χ0) is 9.26. The van der Waals surface area contributed by atoms with Gasteiger partial charge in [0.15, 0.2) is 0 Å². The SMILES string of the molecule is NNC(c1ccc(Br)s1)C1CCC1. The Morgan fingerprint density at radius 1 is 1.54 bits per heavy atom. The Morgan fingerprint density at radius 2 is 2.31 bits per heavy atom. The van der Waals surface area contributed by atoms with Crippen molar-refractivity contribution >= 4 is 27.3 Å². The van der Waals surface area contributed by atoms with Gasteiger partial charge >= 0.3 is 0 Å². The minimum atomic E-state index is 0.366. The number of nitrogens with one attached hydrogen (secondary N) is 1. The van der Waals surface area contributed by atoms with Gasteiger partial charge in [0, 0.05) is 4.88 Å². The molecule has 1 heterocycles. The van der Waals surface area contributed by atoms with Crippen molar-refractivity contribution in [1.82, 2.24) is 5.43 Å². The number of hydrogen-bond donors (Lipinski definition) is 2. The van der Waals surface area contributed by atoms with Crippen molar-refractivity contribution in [3.8, 4) is 0 Å². The van der Waals surface area contributed by atoms with Crippen LogP contribution in [0.2, 0.25) is 0 Å². The highest BCUT2D eigenvalue weighted by atomic mass is 79.9. The molecule has 0 radical (unpaired) electrons. The highest BCUT2D eigenvalue weighted by Crippen LogP contribution is 2.40. The van der Waals surface area contributed by atoms with Crippen molar-refractivity contribution in [2.24, 2.45) is 11.8 Å². The van der Waals surface area contributed by atoms with Crippen molar-refractivity contribution in [2.75, 3.05) is 0 Å². The lowest BCUT2D eigenvalue weighted by molar-refractivity contribution is 0.235. The molecule has 1 saturated carbocycles. The number of hydrazine groups is 1. The maximum atomic E-state index is 5.57. The average Bonchev–Trinajstić information content (AvgIpc) is 2.43. The maximum Gasteiger partial charge on any atom is 0.0702 e. The molecule has 13 heavy (non-hydrogen) atoms. The van der Waals surface area contributed by atoms with Crippen molar-refractivity contribution in [2.45, 2.75) is 25.3 Å². The molecule has 72 valence electrons. The number of rotatable bonds is 3. The first-order valence-corrected chi connectivity index (χ1v) is 6.13. The Bertz CT molecular complexity index is 283. The molecule has 3 N–H and O–H groups in total. The van der Waals surface area contributed by atoms with Crippen LogP contribution in [0.5, 0.6) is 0 Å². The first-order valence-electron chi connectivity index (χ1n) is 4.52. The molecule has 0 saturated heterocycles. The highest BCUT2D eigenvalue weighted by Gasteiger charge is 2.28. The second-order valence-corrected chi connectivity index (χ2v) is 5.97. The van der Waals surface area contributed by atoms with Crippen LogP contribution in [0.1, 0.15) is 30.2 Å². The summed E-state index contributed by atoms with van der Waals surface area (Å²) in [5.41, 5.74) is 2.92. The molecule has 0 aliphatic heterocycles. The van der Waals surface area contributed by atoms with E-state index in [0.29, 0.717) is 6.04 Å². The van der Waals surface area contributed by atoms with Crippen LogP contribution in [0.3, 0.4) is 0 Å². The van der Waals surface area contributed by atoms with Gasteiger partial charge in [-0.15, -0.1) is 11.3 Å². The van der Waals surface area contributed by atoms with Gasteiger partial charge in [-0.1, -0.05) is 6.42 Å². The van der Waals surface area contributed by atoms with Crippen molar-refractivity contribution < 1.29 is 0 Å². The van der Waals surface area contributed by atoms with E-state index in [0.717, 1.165) is 5.92 Å². The van der Waals surface area contributed by atoms with Gasteiger partial charge < -0.3 is 0 Å². The van der Waals surface area contributed by atoms with E-state index in [1.54, 1.807) is 11.3 Å². The summed E-state index contributed by atoms with van der Waals surface area (Å²) < 4.78 is 1.18. The van der Waals surface area contributed by atoms with Gasteiger partial charge in [-0.3, -0.25) is 11.3 Å². The summed E-state index contributed by atoms with van der Waals surface area (Å²) in [6, 6.07) is 4.60. The van der Waals surface area contributed by atoms with E-state index >= 15 is 0 Å². The zero-order valence-electron chi connectivity index (χ0n) is 7.29. The van der Waals surface area contributed by atoms with Crippen molar-refractivity contribution in [1.29, 1.82) is 0 Å². The minimum Gasteiger partial charge on any atom is -0.271 e. The Labute approximate surface area is 90.6 Å². The molecule has 1 aromatic rings. The Hall–Kier alpha value is 0.1000. The fourth-order valence-electron chi connectivity index (χ4n) is 1.72. The van der Waals surface area contributed by atoms with E-state index in [1.807, 2.05) is 0 Å². The molecule has 0 aromatic carbocycles. The van der Waals surface area contributed by atoms with E-state index in [2.05, 4.69) is 33.5 Å². The van der Waals surface area contributed by atoms with Gasteiger partial charge in [0.1, 0.15) is 0 Å². The monoisotopic (exact) mass is 260 g/mol. The van der Waals surface area contributed by atoms with E-state index < -0.39 is 0 Å². The van der Waals surface area contributed by atoms with Crippen LogP contribution in [0.15, 0.2) is 15.9 Å². The fourth-order valence-corrected chi connectivity index (χ4v) is 3.30. The summed E-state index contributed by atoms with van der Waals surface area (Å²) in [4.78, 5) is 1.35. The number of hydrogen-bond acceptors (Lipinski definition) is 3. The molecule has 1 fully saturated rings. The first-order chi connectivity index (χ1) is 6.31. The van der Waals surface area contributed by atoms with Gasteiger partial charge in [0.25, 0.3) is 0 Å². The highest BCUT2D eigenvalue weighted by molar-refractivity contribution is 9.11. The van der Waals surface area contributed by atoms with Crippen LogP contribution < -0.4 is 11.3 Å².